The maximum atomic E-state index is 11.9. The third-order valence-electron chi connectivity index (χ3n) is 3.01. The van der Waals surface area contributed by atoms with E-state index in [2.05, 4.69) is 26.5 Å². The minimum atomic E-state index is -1.03. The van der Waals surface area contributed by atoms with Gasteiger partial charge in [0, 0.05) is 10.0 Å². The van der Waals surface area contributed by atoms with Gasteiger partial charge in [0.05, 0.1) is 6.21 Å². The van der Waals surface area contributed by atoms with E-state index in [0.717, 1.165) is 10.0 Å². The third kappa shape index (κ3) is 5.20. The van der Waals surface area contributed by atoms with Crippen molar-refractivity contribution in [3.63, 3.8) is 0 Å². The highest BCUT2D eigenvalue weighted by Crippen LogP contribution is 2.13. The number of amides is 1. The van der Waals surface area contributed by atoms with Gasteiger partial charge < -0.3 is 9.84 Å². The summed E-state index contributed by atoms with van der Waals surface area (Å²) in [7, 11) is 0. The molecule has 0 saturated carbocycles. The fourth-order valence-corrected chi connectivity index (χ4v) is 2.15. The summed E-state index contributed by atoms with van der Waals surface area (Å²) in [6.45, 7) is 1.45. The molecule has 2 aromatic carbocycles. The Labute approximate surface area is 147 Å². The van der Waals surface area contributed by atoms with Crippen molar-refractivity contribution in [3.8, 4) is 5.75 Å². The highest BCUT2D eigenvalue weighted by atomic mass is 79.9. The van der Waals surface area contributed by atoms with E-state index >= 15 is 0 Å². The summed E-state index contributed by atoms with van der Waals surface area (Å²) in [4.78, 5) is 22.6. The maximum Gasteiger partial charge on any atom is 0.344 e. The molecule has 24 heavy (non-hydrogen) atoms. The van der Waals surface area contributed by atoms with Gasteiger partial charge in [-0.1, -0.05) is 22.0 Å². The van der Waals surface area contributed by atoms with Crippen LogP contribution in [0.4, 0.5) is 0 Å². The number of carboxylic acid groups (broad SMARTS) is 1. The number of carboxylic acids is 1. The first-order valence-corrected chi connectivity index (χ1v) is 7.83. The van der Waals surface area contributed by atoms with Gasteiger partial charge in [-0.25, -0.2) is 10.2 Å². The van der Waals surface area contributed by atoms with Crippen molar-refractivity contribution in [3.05, 3.63) is 64.1 Å². The maximum absolute atomic E-state index is 11.9. The first kappa shape index (κ1) is 17.7. The molecule has 0 aliphatic heterocycles. The fourth-order valence-electron chi connectivity index (χ4n) is 1.75. The minimum absolute atomic E-state index is 0.317. The summed E-state index contributed by atoms with van der Waals surface area (Å²) in [6, 6.07) is 13.7. The molecule has 2 rings (SSSR count). The number of aliphatic carboxylic acids is 1. The predicted molar refractivity (Wildman–Crippen MR) is 93.4 cm³/mol. The summed E-state index contributed by atoms with van der Waals surface area (Å²) in [5.74, 6) is -0.904. The molecule has 2 N–H and O–H groups in total. The standard InChI is InChI=1S/C17H15BrN2O4/c1-11(17(22)23)24-15-7-5-12(6-8-15)10-19-20-16(21)13-3-2-4-14(18)9-13/h2-11H,1H3,(H,20,21)(H,22,23)/b19-10-/t11-/m0/s1. The second-order valence-corrected chi connectivity index (χ2v) is 5.79. The van der Waals surface area contributed by atoms with Crippen LogP contribution >= 0.6 is 15.9 Å². The van der Waals surface area contributed by atoms with Crippen LogP contribution in [0.3, 0.4) is 0 Å². The van der Waals surface area contributed by atoms with Gasteiger partial charge in [-0.3, -0.25) is 4.79 Å². The molecule has 0 fully saturated rings. The highest BCUT2D eigenvalue weighted by molar-refractivity contribution is 9.10. The van der Waals surface area contributed by atoms with Gasteiger partial charge in [-0.2, -0.15) is 5.10 Å². The van der Waals surface area contributed by atoms with Crippen molar-refractivity contribution in [1.29, 1.82) is 0 Å². The lowest BCUT2D eigenvalue weighted by Gasteiger charge is -2.09. The number of halogens is 1. The number of carbonyl (C=O) groups is 2. The van der Waals surface area contributed by atoms with Gasteiger partial charge in [-0.15, -0.1) is 0 Å². The van der Waals surface area contributed by atoms with E-state index in [4.69, 9.17) is 9.84 Å². The average molecular weight is 391 g/mol. The normalized spacial score (nSPS) is 11.9. The molecule has 7 heteroatoms. The van der Waals surface area contributed by atoms with Crippen molar-refractivity contribution in [2.24, 2.45) is 5.10 Å². The molecule has 0 bridgehead atoms. The summed E-state index contributed by atoms with van der Waals surface area (Å²) in [6.07, 6.45) is 0.564. The van der Waals surface area contributed by atoms with Crippen molar-refractivity contribution < 1.29 is 19.4 Å². The summed E-state index contributed by atoms with van der Waals surface area (Å²) in [5.41, 5.74) is 3.67. The minimum Gasteiger partial charge on any atom is -0.479 e. The van der Waals surface area contributed by atoms with E-state index in [1.54, 1.807) is 42.5 Å². The van der Waals surface area contributed by atoms with Crippen molar-refractivity contribution in [2.45, 2.75) is 13.0 Å². The number of nitrogens with one attached hydrogen (secondary N) is 1. The van der Waals surface area contributed by atoms with Crippen LogP contribution in [0.1, 0.15) is 22.8 Å². The topological polar surface area (TPSA) is 88.0 Å². The van der Waals surface area contributed by atoms with Crippen LogP contribution in [0.5, 0.6) is 5.75 Å². The second-order valence-electron chi connectivity index (χ2n) is 4.88. The fraction of sp³-hybridized carbons (Fsp3) is 0.118. The van der Waals surface area contributed by atoms with Gasteiger partial charge >= 0.3 is 5.97 Å². The molecule has 0 heterocycles. The van der Waals surface area contributed by atoms with E-state index in [1.807, 2.05) is 6.07 Å². The Morgan fingerprint density at radius 2 is 1.96 bits per heavy atom. The lowest BCUT2D eigenvalue weighted by Crippen LogP contribution is -2.22. The van der Waals surface area contributed by atoms with Crippen LogP contribution in [-0.4, -0.2) is 29.3 Å². The number of hydrogen-bond acceptors (Lipinski definition) is 4. The summed E-state index contributed by atoms with van der Waals surface area (Å²) >= 11 is 3.30. The molecule has 2 aromatic rings. The highest BCUT2D eigenvalue weighted by Gasteiger charge is 2.11. The lowest BCUT2D eigenvalue weighted by atomic mass is 10.2. The molecule has 124 valence electrons. The van der Waals surface area contributed by atoms with Crippen LogP contribution in [-0.2, 0) is 4.79 Å². The van der Waals surface area contributed by atoms with Gasteiger partial charge in [0.15, 0.2) is 6.10 Å². The number of hydrogen-bond donors (Lipinski definition) is 2. The number of carbonyl (C=O) groups excluding carboxylic acids is 1. The molecule has 1 amide bonds. The van der Waals surface area contributed by atoms with E-state index in [9.17, 15) is 9.59 Å². The number of ether oxygens (including phenoxy) is 1. The summed E-state index contributed by atoms with van der Waals surface area (Å²) < 4.78 is 6.03. The zero-order chi connectivity index (χ0) is 17.5. The molecule has 0 radical (unpaired) electrons. The van der Waals surface area contributed by atoms with Crippen molar-refractivity contribution in [2.75, 3.05) is 0 Å². The number of nitrogens with zero attached hydrogens (tertiary/aromatic N) is 1. The van der Waals surface area contributed by atoms with E-state index in [-0.39, 0.29) is 5.91 Å². The molecule has 1 atom stereocenters. The first-order valence-electron chi connectivity index (χ1n) is 7.04. The van der Waals surface area contributed by atoms with Crippen molar-refractivity contribution >= 4 is 34.0 Å². The quantitative estimate of drug-likeness (QED) is 0.585. The molecule has 0 aliphatic carbocycles. The molecular weight excluding hydrogens is 376 g/mol. The van der Waals surface area contributed by atoms with Crippen molar-refractivity contribution in [1.82, 2.24) is 5.43 Å². The summed E-state index contributed by atoms with van der Waals surface area (Å²) in [5, 5.41) is 12.7. The van der Waals surface area contributed by atoms with Gasteiger partial charge in [0.1, 0.15) is 5.75 Å². The van der Waals surface area contributed by atoms with Crippen LogP contribution < -0.4 is 10.2 Å². The Hall–Kier alpha value is -2.67. The zero-order valence-electron chi connectivity index (χ0n) is 12.8. The Balaban J connectivity index is 1.92. The predicted octanol–water partition coefficient (Wildman–Crippen LogP) is 3.06. The van der Waals surface area contributed by atoms with Gasteiger partial charge in [0.25, 0.3) is 5.91 Å². The molecule has 0 spiro atoms. The number of benzene rings is 2. The van der Waals surface area contributed by atoms with E-state index in [1.165, 1.54) is 13.1 Å². The molecule has 0 unspecified atom stereocenters. The van der Waals surface area contributed by atoms with Crippen LogP contribution in [0.15, 0.2) is 58.1 Å². The van der Waals surface area contributed by atoms with Crippen LogP contribution in [0.2, 0.25) is 0 Å². The second kappa shape index (κ2) is 8.26. The van der Waals surface area contributed by atoms with Crippen LogP contribution in [0, 0.1) is 0 Å². The Morgan fingerprint density at radius 1 is 1.25 bits per heavy atom. The monoisotopic (exact) mass is 390 g/mol. The first-order chi connectivity index (χ1) is 11.5. The zero-order valence-corrected chi connectivity index (χ0v) is 14.4. The largest absolute Gasteiger partial charge is 0.479 e. The molecule has 0 saturated heterocycles. The Kier molecular flexibility index (Phi) is 6.08. The lowest BCUT2D eigenvalue weighted by molar-refractivity contribution is -0.144. The molecule has 0 aromatic heterocycles. The average Bonchev–Trinajstić information content (AvgIpc) is 2.56. The molecule has 6 nitrogen and oxygen atoms in total. The number of hydrazone groups is 1. The van der Waals surface area contributed by atoms with E-state index in [0.29, 0.717) is 11.3 Å². The number of rotatable bonds is 6. The third-order valence-corrected chi connectivity index (χ3v) is 3.50. The van der Waals surface area contributed by atoms with Gasteiger partial charge in [-0.05, 0) is 55.0 Å². The Bertz CT molecular complexity index is 759. The smallest absolute Gasteiger partial charge is 0.344 e. The molecular formula is C17H15BrN2O4. The SMILES string of the molecule is C[C@H](Oc1ccc(/C=N\NC(=O)c2cccc(Br)c2)cc1)C(=O)O. The van der Waals surface area contributed by atoms with E-state index < -0.39 is 12.1 Å². The molecule has 0 aliphatic rings. The Morgan fingerprint density at radius 3 is 2.58 bits per heavy atom. The van der Waals surface area contributed by atoms with Gasteiger partial charge in [0.2, 0.25) is 0 Å². The van der Waals surface area contributed by atoms with Crippen LogP contribution in [0.25, 0.3) is 0 Å².